The predicted octanol–water partition coefficient (Wildman–Crippen LogP) is -3.23. The molecule has 80 valence electrons. The standard InChI is InChI=1S/C7H5NO7/c9-5(7(12)13)3-4(8(14)15)1-2-6(10)11/h1-3H,(H,10,11)(H,12,13)/p-2/b2-1+,4-3-. The second kappa shape index (κ2) is 5.27. The Kier molecular flexibility index (Phi) is 4.39. The van der Waals surface area contributed by atoms with E-state index in [2.05, 4.69) is 0 Å². The molecule has 0 N–H and O–H groups in total. The van der Waals surface area contributed by atoms with Gasteiger partial charge in [0.25, 0.3) is 5.70 Å². The number of nitrogens with zero attached hydrogens (tertiary/aromatic N) is 1. The van der Waals surface area contributed by atoms with E-state index in [0.29, 0.717) is 6.08 Å². The lowest BCUT2D eigenvalue weighted by Crippen LogP contribution is -2.30. The molecule has 0 amide bonds. The Morgan fingerprint density at radius 3 is 1.93 bits per heavy atom. The lowest BCUT2D eigenvalue weighted by Gasteiger charge is -1.95. The van der Waals surface area contributed by atoms with Crippen molar-refractivity contribution in [3.8, 4) is 0 Å². The van der Waals surface area contributed by atoms with Crippen LogP contribution < -0.4 is 10.2 Å². The van der Waals surface area contributed by atoms with Crippen molar-refractivity contribution in [2.45, 2.75) is 0 Å². The Morgan fingerprint density at radius 2 is 1.60 bits per heavy atom. The number of carbonyl (C=O) groups is 3. The van der Waals surface area contributed by atoms with Crippen LogP contribution >= 0.6 is 0 Å². The third kappa shape index (κ3) is 4.93. The molecule has 0 aromatic rings. The second-order valence-electron chi connectivity index (χ2n) is 2.13. The van der Waals surface area contributed by atoms with Gasteiger partial charge in [-0.1, -0.05) is 0 Å². The van der Waals surface area contributed by atoms with Crippen molar-refractivity contribution >= 4 is 17.7 Å². The van der Waals surface area contributed by atoms with Gasteiger partial charge in [0.1, 0.15) is 5.97 Å². The maximum atomic E-state index is 10.5. The number of hydrogen-bond donors (Lipinski definition) is 0. The van der Waals surface area contributed by atoms with Gasteiger partial charge in [-0.05, 0) is 6.08 Å². The summed E-state index contributed by atoms with van der Waals surface area (Å²) in [5, 5.41) is 30.0. The number of carboxylic acids is 2. The first-order chi connectivity index (χ1) is 6.84. The molecule has 0 aliphatic heterocycles. The highest BCUT2D eigenvalue weighted by Crippen LogP contribution is 1.97. The highest BCUT2D eigenvalue weighted by Gasteiger charge is 2.09. The number of ketones is 1. The lowest BCUT2D eigenvalue weighted by molar-refractivity contribution is -0.419. The fraction of sp³-hybridized carbons (Fsp3) is 0. The van der Waals surface area contributed by atoms with Crippen molar-refractivity contribution in [3.05, 3.63) is 34.0 Å². The summed E-state index contributed by atoms with van der Waals surface area (Å²) in [6, 6.07) is 0. The Morgan fingerprint density at radius 1 is 1.07 bits per heavy atom. The van der Waals surface area contributed by atoms with Crippen molar-refractivity contribution in [2.75, 3.05) is 0 Å². The van der Waals surface area contributed by atoms with E-state index in [4.69, 9.17) is 0 Å². The Balaban J connectivity index is 4.98. The molecule has 0 aromatic carbocycles. The Labute approximate surface area is 82.3 Å². The molecule has 0 aliphatic carbocycles. The zero-order valence-electron chi connectivity index (χ0n) is 7.04. The van der Waals surface area contributed by atoms with Gasteiger partial charge in [-0.3, -0.25) is 14.9 Å². The molecular formula is C7H3NO7-2. The molecule has 0 fully saturated rings. The van der Waals surface area contributed by atoms with Crippen LogP contribution in [0.5, 0.6) is 0 Å². The van der Waals surface area contributed by atoms with Crippen molar-refractivity contribution in [2.24, 2.45) is 0 Å². The van der Waals surface area contributed by atoms with E-state index in [1.165, 1.54) is 0 Å². The summed E-state index contributed by atoms with van der Waals surface area (Å²) in [5.74, 6) is -5.48. The quantitative estimate of drug-likeness (QED) is 0.154. The molecule has 0 aliphatic rings. The molecule has 0 rings (SSSR count). The van der Waals surface area contributed by atoms with Gasteiger partial charge in [-0.15, -0.1) is 0 Å². The van der Waals surface area contributed by atoms with Gasteiger partial charge >= 0.3 is 0 Å². The maximum Gasteiger partial charge on any atom is 0.273 e. The summed E-state index contributed by atoms with van der Waals surface area (Å²) < 4.78 is 0. The fourth-order valence-electron chi connectivity index (χ4n) is 0.508. The van der Waals surface area contributed by atoms with Gasteiger partial charge in [0.2, 0.25) is 5.78 Å². The van der Waals surface area contributed by atoms with Crippen LogP contribution in [-0.4, -0.2) is 22.6 Å². The van der Waals surface area contributed by atoms with E-state index in [-0.39, 0.29) is 12.2 Å². The molecular weight excluding hydrogens is 210 g/mol. The third-order valence-corrected chi connectivity index (χ3v) is 1.08. The lowest BCUT2D eigenvalue weighted by atomic mass is 10.3. The number of allylic oxidation sites excluding steroid dienone is 1. The third-order valence-electron chi connectivity index (χ3n) is 1.08. The molecule has 15 heavy (non-hydrogen) atoms. The highest BCUT2D eigenvalue weighted by molar-refractivity contribution is 6.36. The van der Waals surface area contributed by atoms with Crippen LogP contribution in [0, 0.1) is 10.1 Å². The molecule has 0 heterocycles. The van der Waals surface area contributed by atoms with E-state index in [0.717, 1.165) is 0 Å². The molecule has 0 unspecified atom stereocenters. The normalized spacial score (nSPS) is 11.3. The molecule has 0 spiro atoms. The largest absolute Gasteiger partial charge is 0.545 e. The summed E-state index contributed by atoms with van der Waals surface area (Å²) in [6.45, 7) is 0. The molecule has 0 saturated carbocycles. The zero-order chi connectivity index (χ0) is 12.0. The van der Waals surface area contributed by atoms with Gasteiger partial charge in [0, 0.05) is 6.08 Å². The molecule has 8 nitrogen and oxygen atoms in total. The van der Waals surface area contributed by atoms with Crippen LogP contribution in [0.1, 0.15) is 0 Å². The van der Waals surface area contributed by atoms with Gasteiger partial charge < -0.3 is 19.8 Å². The molecule has 0 saturated heterocycles. The predicted molar refractivity (Wildman–Crippen MR) is 39.2 cm³/mol. The molecule has 0 atom stereocenters. The Bertz CT molecular complexity index is 379. The van der Waals surface area contributed by atoms with E-state index in [1.54, 1.807) is 0 Å². The van der Waals surface area contributed by atoms with Crippen LogP contribution in [0.3, 0.4) is 0 Å². The first-order valence-corrected chi connectivity index (χ1v) is 3.35. The van der Waals surface area contributed by atoms with Gasteiger partial charge in [0.15, 0.2) is 0 Å². The van der Waals surface area contributed by atoms with E-state index in [9.17, 15) is 34.7 Å². The fourth-order valence-corrected chi connectivity index (χ4v) is 0.508. The monoisotopic (exact) mass is 213 g/mol. The number of nitro groups is 1. The van der Waals surface area contributed by atoms with Crippen molar-refractivity contribution in [1.29, 1.82) is 0 Å². The summed E-state index contributed by atoms with van der Waals surface area (Å²) in [5.41, 5.74) is -0.992. The van der Waals surface area contributed by atoms with E-state index in [1.807, 2.05) is 0 Å². The summed E-state index contributed by atoms with van der Waals surface area (Å²) in [6.07, 6.45) is 0.849. The SMILES string of the molecule is O=C([O-])/C=C/C(=C/C(=O)C(=O)[O-])[N+](=O)[O-]. The van der Waals surface area contributed by atoms with Gasteiger partial charge in [-0.25, -0.2) is 0 Å². The number of aliphatic carboxylic acids is 2. The van der Waals surface area contributed by atoms with Crippen LogP contribution in [0.2, 0.25) is 0 Å². The van der Waals surface area contributed by atoms with Gasteiger partial charge in [0.05, 0.1) is 17.0 Å². The van der Waals surface area contributed by atoms with Crippen LogP contribution in [-0.2, 0) is 14.4 Å². The summed E-state index contributed by atoms with van der Waals surface area (Å²) in [4.78, 5) is 39.3. The topological polar surface area (TPSA) is 140 Å². The number of carbonyl (C=O) groups excluding carboxylic acids is 3. The van der Waals surface area contributed by atoms with Crippen LogP contribution in [0.25, 0.3) is 0 Å². The first-order valence-electron chi connectivity index (χ1n) is 3.35. The average molecular weight is 213 g/mol. The average Bonchev–Trinajstić information content (AvgIpc) is 2.10. The molecule has 0 aromatic heterocycles. The molecule has 0 radical (unpaired) electrons. The van der Waals surface area contributed by atoms with E-state index < -0.39 is 28.3 Å². The first kappa shape index (κ1) is 12.5. The molecule has 0 bridgehead atoms. The zero-order valence-corrected chi connectivity index (χ0v) is 7.04. The highest BCUT2D eigenvalue weighted by atomic mass is 16.6. The van der Waals surface area contributed by atoms with Gasteiger partial charge in [-0.2, -0.15) is 0 Å². The maximum absolute atomic E-state index is 10.5. The number of rotatable bonds is 5. The smallest absolute Gasteiger partial charge is 0.273 e. The van der Waals surface area contributed by atoms with Crippen LogP contribution in [0.15, 0.2) is 23.9 Å². The number of hydrogen-bond acceptors (Lipinski definition) is 7. The molecule has 8 heteroatoms. The second-order valence-corrected chi connectivity index (χ2v) is 2.13. The van der Waals surface area contributed by atoms with Crippen molar-refractivity contribution in [3.63, 3.8) is 0 Å². The van der Waals surface area contributed by atoms with E-state index >= 15 is 0 Å². The Hall–Kier alpha value is -2.51. The van der Waals surface area contributed by atoms with Crippen molar-refractivity contribution in [1.82, 2.24) is 0 Å². The van der Waals surface area contributed by atoms with Crippen molar-refractivity contribution < 1.29 is 29.5 Å². The minimum atomic E-state index is -2.13. The summed E-state index contributed by atoms with van der Waals surface area (Å²) in [7, 11) is 0. The van der Waals surface area contributed by atoms with Crippen LogP contribution in [0.4, 0.5) is 0 Å². The minimum Gasteiger partial charge on any atom is -0.545 e. The number of carboxylic acid groups (broad SMARTS) is 2. The minimum absolute atomic E-state index is 0.134. The summed E-state index contributed by atoms with van der Waals surface area (Å²) >= 11 is 0.